The molecule has 3 aromatic rings. The summed E-state index contributed by atoms with van der Waals surface area (Å²) in [6, 6.07) is 13.4. The molecule has 0 saturated carbocycles. The molecule has 1 heterocycles. The van der Waals surface area contributed by atoms with Gasteiger partial charge in [-0.3, -0.25) is 14.7 Å². The van der Waals surface area contributed by atoms with Crippen LogP contribution in [-0.4, -0.2) is 29.6 Å². The monoisotopic (exact) mass is 474 g/mol. The molecule has 1 amide bonds. The molecule has 0 saturated heterocycles. The quantitative estimate of drug-likeness (QED) is 0.366. The third kappa shape index (κ3) is 6.27. The van der Waals surface area contributed by atoms with Crippen LogP contribution in [-0.2, 0) is 11.3 Å². The van der Waals surface area contributed by atoms with Gasteiger partial charge >= 0.3 is 6.09 Å². The molecule has 0 radical (unpaired) electrons. The summed E-state index contributed by atoms with van der Waals surface area (Å²) in [5, 5.41) is 0. The first-order valence-electron chi connectivity index (χ1n) is 11.6. The highest BCUT2D eigenvalue weighted by atomic mass is 16.6. The lowest BCUT2D eigenvalue weighted by Gasteiger charge is -2.28. The zero-order valence-electron chi connectivity index (χ0n) is 21.9. The number of ether oxygens (including phenoxy) is 2. The Morgan fingerprint density at radius 3 is 2.20 bits per heavy atom. The summed E-state index contributed by atoms with van der Waals surface area (Å²) in [6.45, 7) is 13.2. The van der Waals surface area contributed by atoms with Gasteiger partial charge in [0.05, 0.1) is 19.3 Å². The van der Waals surface area contributed by atoms with E-state index in [0.717, 1.165) is 39.3 Å². The first-order valence-corrected chi connectivity index (χ1v) is 11.6. The van der Waals surface area contributed by atoms with E-state index in [4.69, 9.17) is 9.47 Å². The summed E-state index contributed by atoms with van der Waals surface area (Å²) in [4.78, 5) is 31.3. The Labute approximate surface area is 207 Å². The number of carbonyl (C=O) groups is 2. The molecule has 0 aliphatic heterocycles. The Bertz CT molecular complexity index is 1240. The van der Waals surface area contributed by atoms with Crippen LogP contribution in [0.3, 0.4) is 0 Å². The van der Waals surface area contributed by atoms with Crippen LogP contribution < -0.4 is 9.64 Å². The lowest BCUT2D eigenvalue weighted by Crippen LogP contribution is -2.37. The molecule has 0 aliphatic carbocycles. The van der Waals surface area contributed by atoms with Crippen LogP contribution in [0.5, 0.6) is 5.75 Å². The molecule has 0 bridgehead atoms. The van der Waals surface area contributed by atoms with Gasteiger partial charge in [0.1, 0.15) is 11.4 Å². The summed E-state index contributed by atoms with van der Waals surface area (Å²) < 4.78 is 11.3. The highest BCUT2D eigenvalue weighted by Gasteiger charge is 2.26. The van der Waals surface area contributed by atoms with Crippen LogP contribution in [0.4, 0.5) is 10.5 Å². The number of benzene rings is 2. The molecule has 3 rings (SSSR count). The zero-order chi connectivity index (χ0) is 25.9. The number of aryl methyl sites for hydroxylation is 2. The first-order chi connectivity index (χ1) is 16.4. The predicted molar refractivity (Wildman–Crippen MR) is 139 cm³/mol. The van der Waals surface area contributed by atoms with Gasteiger partial charge in [0.25, 0.3) is 0 Å². The SMILES string of the molecule is COc1c(C)cnc(CN(C(=O)OC(C)(C)C)c2cc(C)cc(-c3ccc(C(C)=O)cc3)c2)c1C. The van der Waals surface area contributed by atoms with Gasteiger partial charge in [-0.25, -0.2) is 4.79 Å². The Morgan fingerprint density at radius 2 is 1.63 bits per heavy atom. The van der Waals surface area contributed by atoms with E-state index in [-0.39, 0.29) is 12.3 Å². The van der Waals surface area contributed by atoms with E-state index in [0.29, 0.717) is 11.3 Å². The van der Waals surface area contributed by atoms with Gasteiger partial charge in [0.15, 0.2) is 5.78 Å². The van der Waals surface area contributed by atoms with Crippen LogP contribution in [0, 0.1) is 20.8 Å². The lowest BCUT2D eigenvalue weighted by atomic mass is 10.00. The zero-order valence-corrected chi connectivity index (χ0v) is 21.9. The van der Waals surface area contributed by atoms with Crippen molar-refractivity contribution >= 4 is 17.6 Å². The second-order valence-corrected chi connectivity index (χ2v) is 9.80. The molecule has 0 aliphatic rings. The fraction of sp³-hybridized carbons (Fsp3) is 0.345. The number of methoxy groups -OCH3 is 1. The number of aromatic nitrogens is 1. The number of nitrogens with zero attached hydrogens (tertiary/aromatic N) is 2. The van der Waals surface area contributed by atoms with Gasteiger partial charge < -0.3 is 9.47 Å². The van der Waals surface area contributed by atoms with Crippen molar-refractivity contribution < 1.29 is 19.1 Å². The Balaban J connectivity index is 2.08. The van der Waals surface area contributed by atoms with Gasteiger partial charge in [-0.2, -0.15) is 0 Å². The summed E-state index contributed by atoms with van der Waals surface area (Å²) in [5.74, 6) is 0.781. The third-order valence-electron chi connectivity index (χ3n) is 5.67. The fourth-order valence-electron chi connectivity index (χ4n) is 3.94. The maximum atomic E-state index is 13.4. The third-order valence-corrected chi connectivity index (χ3v) is 5.67. The first kappa shape index (κ1) is 25.9. The van der Waals surface area contributed by atoms with Crippen LogP contribution in [0.2, 0.25) is 0 Å². The number of ketones is 1. The van der Waals surface area contributed by atoms with Crippen LogP contribution in [0.15, 0.2) is 48.7 Å². The minimum atomic E-state index is -0.655. The van der Waals surface area contributed by atoms with E-state index in [9.17, 15) is 9.59 Å². The lowest BCUT2D eigenvalue weighted by molar-refractivity contribution is 0.0577. The highest BCUT2D eigenvalue weighted by molar-refractivity contribution is 5.94. The van der Waals surface area contributed by atoms with Crippen molar-refractivity contribution in [2.24, 2.45) is 0 Å². The number of amides is 1. The Kier molecular flexibility index (Phi) is 7.64. The number of Topliss-reactive ketones (excluding diaryl/α,β-unsaturated/α-hetero) is 1. The van der Waals surface area contributed by atoms with Gasteiger partial charge in [-0.05, 0) is 77.3 Å². The number of pyridine rings is 1. The molecular formula is C29H34N2O4. The number of hydrogen-bond acceptors (Lipinski definition) is 5. The molecule has 184 valence electrons. The maximum Gasteiger partial charge on any atom is 0.415 e. The number of carbonyl (C=O) groups excluding carboxylic acids is 2. The average molecular weight is 475 g/mol. The average Bonchev–Trinajstić information content (AvgIpc) is 2.77. The van der Waals surface area contributed by atoms with Crippen molar-refractivity contribution in [1.29, 1.82) is 0 Å². The molecular weight excluding hydrogens is 440 g/mol. The molecule has 6 nitrogen and oxygen atoms in total. The van der Waals surface area contributed by atoms with E-state index >= 15 is 0 Å². The summed E-state index contributed by atoms with van der Waals surface area (Å²) in [7, 11) is 1.63. The van der Waals surface area contributed by atoms with Crippen molar-refractivity contribution in [2.45, 2.75) is 60.6 Å². The van der Waals surface area contributed by atoms with Crippen LogP contribution in [0.1, 0.15) is 60.4 Å². The molecule has 0 unspecified atom stereocenters. The molecule has 2 aromatic carbocycles. The van der Waals surface area contributed by atoms with Crippen LogP contribution in [0.25, 0.3) is 11.1 Å². The van der Waals surface area contributed by atoms with Gasteiger partial charge in [0.2, 0.25) is 0 Å². The van der Waals surface area contributed by atoms with Crippen molar-refractivity contribution in [3.8, 4) is 16.9 Å². The summed E-state index contributed by atoms with van der Waals surface area (Å²) >= 11 is 0. The second kappa shape index (κ2) is 10.3. The molecule has 1 aromatic heterocycles. The van der Waals surface area contributed by atoms with Crippen molar-refractivity contribution in [3.63, 3.8) is 0 Å². The Hall–Kier alpha value is -3.67. The van der Waals surface area contributed by atoms with Crippen LogP contribution >= 0.6 is 0 Å². The van der Waals surface area contributed by atoms with Crippen molar-refractivity contribution in [1.82, 2.24) is 4.98 Å². The minimum absolute atomic E-state index is 0.0222. The van der Waals surface area contributed by atoms with Gasteiger partial charge in [-0.15, -0.1) is 0 Å². The predicted octanol–water partition coefficient (Wildman–Crippen LogP) is 6.83. The van der Waals surface area contributed by atoms with E-state index in [1.807, 2.05) is 77.9 Å². The molecule has 0 spiro atoms. The molecule has 0 N–H and O–H groups in total. The standard InChI is InChI=1S/C29H34N2O4/c1-18-13-24(23-11-9-22(10-12-23)21(4)32)15-25(14-18)31(28(33)35-29(5,6)7)17-26-20(3)27(34-8)19(2)16-30-26/h9-16H,17H2,1-8H3. The van der Waals surface area contributed by atoms with Crippen molar-refractivity contribution in [3.05, 3.63) is 76.6 Å². The van der Waals surface area contributed by atoms with Gasteiger partial charge in [0, 0.05) is 28.6 Å². The summed E-state index contributed by atoms with van der Waals surface area (Å²) in [6.07, 6.45) is 1.30. The summed E-state index contributed by atoms with van der Waals surface area (Å²) in [5.41, 5.74) is 6.14. The molecule has 35 heavy (non-hydrogen) atoms. The molecule has 6 heteroatoms. The largest absolute Gasteiger partial charge is 0.496 e. The van der Waals surface area contributed by atoms with E-state index in [2.05, 4.69) is 11.1 Å². The molecule has 0 fully saturated rings. The van der Waals surface area contributed by atoms with Crippen molar-refractivity contribution in [2.75, 3.05) is 12.0 Å². The topological polar surface area (TPSA) is 68.7 Å². The second-order valence-electron chi connectivity index (χ2n) is 9.80. The smallest absolute Gasteiger partial charge is 0.415 e. The number of anilines is 1. The van der Waals surface area contributed by atoms with E-state index < -0.39 is 11.7 Å². The van der Waals surface area contributed by atoms with E-state index in [1.165, 1.54) is 0 Å². The Morgan fingerprint density at radius 1 is 0.971 bits per heavy atom. The number of rotatable bonds is 6. The highest BCUT2D eigenvalue weighted by Crippen LogP contribution is 2.31. The number of hydrogen-bond donors (Lipinski definition) is 0. The van der Waals surface area contributed by atoms with Gasteiger partial charge in [-0.1, -0.05) is 30.3 Å². The molecule has 0 atom stereocenters. The maximum absolute atomic E-state index is 13.4. The normalized spacial score (nSPS) is 11.2. The fourth-order valence-corrected chi connectivity index (χ4v) is 3.94. The van der Waals surface area contributed by atoms with E-state index in [1.54, 1.807) is 25.1 Å². The minimum Gasteiger partial charge on any atom is -0.496 e.